The van der Waals surface area contributed by atoms with Crippen molar-refractivity contribution >= 4 is 48.8 Å². The van der Waals surface area contributed by atoms with Crippen LogP contribution in [-0.4, -0.2) is 48.5 Å². The van der Waals surface area contributed by atoms with E-state index in [0.717, 1.165) is 0 Å². The molecular formula is C15H39OPSi4. The van der Waals surface area contributed by atoms with Crippen LogP contribution in [0.1, 0.15) is 0 Å². The normalized spacial score (nSPS) is 14.1. The van der Waals surface area contributed by atoms with Gasteiger partial charge in [0.05, 0.1) is 32.3 Å². The minimum Gasteiger partial charge on any atom is -0.337 e. The van der Waals surface area contributed by atoms with Crippen LogP contribution in [0.4, 0.5) is 0 Å². The van der Waals surface area contributed by atoms with Crippen molar-refractivity contribution in [3.05, 3.63) is 0 Å². The Hall–Kier alpha value is 0.868. The summed E-state index contributed by atoms with van der Waals surface area (Å²) in [5.41, 5.74) is 0. The van der Waals surface area contributed by atoms with Crippen LogP contribution in [0.5, 0.6) is 0 Å². The predicted octanol–water partition coefficient (Wildman–Crippen LogP) is 5.88. The lowest BCUT2D eigenvalue weighted by Crippen LogP contribution is -2.52. The van der Waals surface area contributed by atoms with Crippen molar-refractivity contribution in [2.24, 2.45) is 0 Å². The van der Waals surface area contributed by atoms with Gasteiger partial charge in [0.25, 0.3) is 0 Å². The molecule has 0 heterocycles. The molecule has 21 heavy (non-hydrogen) atoms. The van der Waals surface area contributed by atoms with E-state index in [-0.39, 0.29) is 0 Å². The Labute approximate surface area is 139 Å². The molecule has 0 aliphatic rings. The largest absolute Gasteiger partial charge is 0.337 e. The van der Waals surface area contributed by atoms with Gasteiger partial charge >= 0.3 is 0 Å². The summed E-state index contributed by atoms with van der Waals surface area (Å²) in [4.78, 5) is 0. The molecule has 0 aliphatic carbocycles. The maximum absolute atomic E-state index is 6.31. The SMILES string of the molecule is COP(=C([Si](C)(C)C)[Si](C)(C)C)=C([Si](C)(C)C)[Si](C)(C)C. The van der Waals surface area contributed by atoms with Gasteiger partial charge in [0.2, 0.25) is 0 Å². The summed E-state index contributed by atoms with van der Waals surface area (Å²) in [6.07, 6.45) is 0. The van der Waals surface area contributed by atoms with E-state index in [0.29, 0.717) is 0 Å². The molecule has 0 aromatic rings. The molecule has 0 N–H and O–H groups in total. The molecule has 0 radical (unpaired) electrons. The first-order chi connectivity index (χ1) is 8.94. The van der Waals surface area contributed by atoms with Gasteiger partial charge in [-0.3, -0.25) is 0 Å². The molecular weight excluding hydrogens is 339 g/mol. The Morgan fingerprint density at radius 3 is 0.810 bits per heavy atom. The van der Waals surface area contributed by atoms with E-state index in [4.69, 9.17) is 4.52 Å². The predicted molar refractivity (Wildman–Crippen MR) is 117 cm³/mol. The first-order valence-electron chi connectivity index (χ1n) is 8.04. The third-order valence-corrected chi connectivity index (χ3v) is 29.8. The van der Waals surface area contributed by atoms with Crippen molar-refractivity contribution in [3.8, 4) is 0 Å². The second kappa shape index (κ2) is 6.78. The van der Waals surface area contributed by atoms with E-state index in [1.807, 2.05) is 16.2 Å². The van der Waals surface area contributed by atoms with Gasteiger partial charge in [0.15, 0.2) is 0 Å². The average molecular weight is 379 g/mol. The van der Waals surface area contributed by atoms with E-state index in [9.17, 15) is 0 Å². The summed E-state index contributed by atoms with van der Waals surface area (Å²) in [7, 11) is -3.76. The molecule has 0 aromatic heterocycles. The van der Waals surface area contributed by atoms with E-state index in [1.165, 1.54) is 0 Å². The van der Waals surface area contributed by atoms with E-state index in [2.05, 4.69) is 78.6 Å². The molecule has 0 fully saturated rings. The molecule has 0 saturated carbocycles. The van der Waals surface area contributed by atoms with Crippen molar-refractivity contribution < 1.29 is 4.52 Å². The van der Waals surface area contributed by atoms with Crippen molar-refractivity contribution in [2.75, 3.05) is 7.11 Å². The quantitative estimate of drug-likeness (QED) is 0.428. The molecule has 0 aromatic carbocycles. The van der Waals surface area contributed by atoms with Gasteiger partial charge in [0, 0.05) is 7.11 Å². The van der Waals surface area contributed by atoms with Crippen molar-refractivity contribution in [2.45, 2.75) is 78.6 Å². The molecule has 0 atom stereocenters. The van der Waals surface area contributed by atoms with Crippen LogP contribution in [0.15, 0.2) is 0 Å². The first-order valence-corrected chi connectivity index (χ1v) is 23.3. The third-order valence-electron chi connectivity index (χ3n) is 3.43. The van der Waals surface area contributed by atoms with Gasteiger partial charge in [-0.05, 0) is 16.5 Å². The van der Waals surface area contributed by atoms with Crippen molar-refractivity contribution in [1.82, 2.24) is 0 Å². The Bertz CT molecular complexity index is 390. The average Bonchev–Trinajstić information content (AvgIpc) is 2.06. The summed E-state index contributed by atoms with van der Waals surface area (Å²) in [6.45, 7) is 30.3. The second-order valence-corrected chi connectivity index (χ2v) is 34.7. The molecule has 6 heteroatoms. The fourth-order valence-corrected chi connectivity index (χ4v) is 35.9. The Kier molecular flexibility index (Phi) is 7.05. The van der Waals surface area contributed by atoms with Gasteiger partial charge in [-0.15, -0.1) is 0 Å². The molecule has 0 rings (SSSR count). The lowest BCUT2D eigenvalue weighted by molar-refractivity contribution is 0.483. The zero-order valence-corrected chi connectivity index (χ0v) is 21.7. The third kappa shape index (κ3) is 6.11. The monoisotopic (exact) mass is 378 g/mol. The van der Waals surface area contributed by atoms with Crippen LogP contribution in [-0.2, 0) is 4.52 Å². The first kappa shape index (κ1) is 21.9. The molecule has 0 saturated heterocycles. The standard InChI is InChI=1S/C15H39OPSi4/c1-16-17(14(18(2,3)4)19(5,6)7)15(20(8,9)10)21(11,12)13/h1-13H3. The Morgan fingerprint density at radius 1 is 0.524 bits per heavy atom. The summed E-state index contributed by atoms with van der Waals surface area (Å²) < 4.78 is 10.1. The maximum Gasteiger partial charge on any atom is 0.0754 e. The smallest absolute Gasteiger partial charge is 0.0754 e. The molecule has 126 valence electrons. The van der Waals surface area contributed by atoms with Crippen molar-refractivity contribution in [3.63, 3.8) is 0 Å². The highest BCUT2D eigenvalue weighted by Gasteiger charge is 2.38. The van der Waals surface area contributed by atoms with Crippen LogP contribution < -0.4 is 0 Å². The maximum atomic E-state index is 6.31. The zero-order chi connectivity index (χ0) is 17.4. The second-order valence-electron chi connectivity index (χ2n) is 10.2. The molecule has 0 bridgehead atoms. The summed E-state index contributed by atoms with van der Waals surface area (Å²) >= 11 is 0. The number of hydrogen-bond acceptors (Lipinski definition) is 1. The van der Waals surface area contributed by atoms with Crippen LogP contribution in [0, 0.1) is 0 Å². The van der Waals surface area contributed by atoms with Crippen LogP contribution in [0.3, 0.4) is 0 Å². The fourth-order valence-electron chi connectivity index (χ4n) is 3.76. The lowest BCUT2D eigenvalue weighted by atomic mass is 11.7. The molecule has 0 unspecified atom stereocenters. The highest BCUT2D eigenvalue weighted by atomic mass is 31.1. The molecule has 1 nitrogen and oxygen atoms in total. The fraction of sp³-hybridized carbons (Fsp3) is 0.867. The van der Waals surface area contributed by atoms with Gasteiger partial charge < -0.3 is 4.52 Å². The van der Waals surface area contributed by atoms with Crippen molar-refractivity contribution in [1.29, 1.82) is 0 Å². The van der Waals surface area contributed by atoms with E-state index >= 15 is 0 Å². The van der Waals surface area contributed by atoms with E-state index in [1.54, 1.807) is 0 Å². The highest BCUT2D eigenvalue weighted by Crippen LogP contribution is 2.34. The number of rotatable bonds is 5. The van der Waals surface area contributed by atoms with Crippen LogP contribution in [0.2, 0.25) is 78.6 Å². The Balaban J connectivity index is 7.18. The minimum atomic E-state index is -1.32. The zero-order valence-electron chi connectivity index (χ0n) is 16.9. The van der Waals surface area contributed by atoms with Gasteiger partial charge in [-0.1, -0.05) is 78.6 Å². The minimum absolute atomic E-state index is 0.457. The topological polar surface area (TPSA) is 9.23 Å². The van der Waals surface area contributed by atoms with Gasteiger partial charge in [-0.25, -0.2) is 0 Å². The van der Waals surface area contributed by atoms with Gasteiger partial charge in [-0.2, -0.15) is 0 Å². The summed E-state index contributed by atoms with van der Waals surface area (Å²) in [5.74, 6) is 0. The molecule has 0 aliphatic heterocycles. The van der Waals surface area contributed by atoms with E-state index < -0.39 is 39.7 Å². The number of hydrogen-bond donors (Lipinski definition) is 0. The van der Waals surface area contributed by atoms with Crippen LogP contribution in [0.25, 0.3) is 0 Å². The highest BCUT2D eigenvalue weighted by molar-refractivity contribution is 7.80. The molecule has 0 spiro atoms. The van der Waals surface area contributed by atoms with Gasteiger partial charge in [0.1, 0.15) is 0 Å². The molecule has 0 amide bonds. The summed E-state index contributed by atoms with van der Waals surface area (Å²) in [5, 5.41) is 0. The van der Waals surface area contributed by atoms with Crippen LogP contribution >= 0.6 is 7.40 Å². The Morgan fingerprint density at radius 2 is 0.714 bits per heavy atom. The lowest BCUT2D eigenvalue weighted by Gasteiger charge is -2.37. The summed E-state index contributed by atoms with van der Waals surface area (Å²) in [6, 6.07) is 0.